The molecule has 20 heavy (non-hydrogen) atoms. The molecule has 0 aromatic rings. The predicted octanol–water partition coefficient (Wildman–Crippen LogP) is -7.73. The maximum Gasteiger partial charge on any atom is 1.00 e. The molecule has 8 nitrogen and oxygen atoms in total. The van der Waals surface area contributed by atoms with Gasteiger partial charge in [0.25, 0.3) is 0 Å². The van der Waals surface area contributed by atoms with Gasteiger partial charge in [-0.05, 0) is 0 Å². The molecular weight excluding hydrogens is 381 g/mol. The minimum atomic E-state index is -4.28. The van der Waals surface area contributed by atoms with Gasteiger partial charge in [-0.25, -0.2) is 16.8 Å². The van der Waals surface area contributed by atoms with Gasteiger partial charge < -0.3 is 19.3 Å². The van der Waals surface area contributed by atoms with Crippen LogP contribution >= 0.6 is 23.2 Å². The molecule has 0 rings (SSSR count). The average Bonchev–Trinajstić information content (AvgIpc) is 2.13. The van der Waals surface area contributed by atoms with Crippen molar-refractivity contribution < 1.29 is 95.3 Å². The summed E-state index contributed by atoms with van der Waals surface area (Å²) < 4.78 is 59.1. The number of aliphatic hydroxyl groups is 2. The quantitative estimate of drug-likeness (QED) is 0.256. The molecule has 0 aromatic heterocycles. The maximum atomic E-state index is 9.85. The van der Waals surface area contributed by atoms with Crippen molar-refractivity contribution in [3.05, 3.63) is 0 Å². The molecule has 2 atom stereocenters. The second-order valence-electron chi connectivity index (χ2n) is 3.01. The monoisotopic (exact) mass is 392 g/mol. The zero-order valence-corrected chi connectivity index (χ0v) is 18.0. The zero-order valence-electron chi connectivity index (χ0n) is 10.9. The normalized spacial score (nSPS) is 13.9. The van der Waals surface area contributed by atoms with E-state index in [0.29, 0.717) is 0 Å². The first-order chi connectivity index (χ1) is 7.91. The van der Waals surface area contributed by atoms with Gasteiger partial charge in [-0.15, -0.1) is 23.2 Å². The average molecular weight is 393 g/mol. The Morgan fingerprint density at radius 1 is 0.800 bits per heavy atom. The van der Waals surface area contributed by atoms with Crippen LogP contribution < -0.4 is 59.1 Å². The molecule has 0 radical (unpaired) electrons. The van der Waals surface area contributed by atoms with E-state index in [1.54, 1.807) is 0 Å². The molecule has 0 aliphatic rings. The molecule has 0 amide bonds. The van der Waals surface area contributed by atoms with Gasteiger partial charge in [-0.3, -0.25) is 0 Å². The summed E-state index contributed by atoms with van der Waals surface area (Å²) in [7, 11) is -8.55. The molecule has 2 N–H and O–H groups in total. The van der Waals surface area contributed by atoms with E-state index in [9.17, 15) is 25.9 Å². The van der Waals surface area contributed by atoms with Crippen LogP contribution in [-0.2, 0) is 20.2 Å². The van der Waals surface area contributed by atoms with Gasteiger partial charge in [0.15, 0.2) is 0 Å². The van der Waals surface area contributed by atoms with E-state index >= 15 is 0 Å². The van der Waals surface area contributed by atoms with E-state index in [4.69, 9.17) is 33.4 Å². The third kappa shape index (κ3) is 28.5. The molecule has 0 saturated carbocycles. The number of hydrogen-bond donors (Lipinski definition) is 2. The standard InChI is InChI=1S/2C3H7ClO4S.2Na/c2*4-3(1-5)2-9(6,7)8;;/h2*3,5H,1-2H2,(H,6,7,8);;/q;;2*+1/p-2. The van der Waals surface area contributed by atoms with Gasteiger partial charge in [0.1, 0.15) is 0 Å². The van der Waals surface area contributed by atoms with Crippen molar-refractivity contribution in [2.45, 2.75) is 10.8 Å². The van der Waals surface area contributed by atoms with Crippen LogP contribution in [0.2, 0.25) is 0 Å². The molecule has 0 heterocycles. The summed E-state index contributed by atoms with van der Waals surface area (Å²) in [5.41, 5.74) is 0. The SMILES string of the molecule is O=S(=O)([O-])CC(Cl)CO.O=S(=O)([O-])CC(Cl)CO.[Na+].[Na+]. The first-order valence-electron chi connectivity index (χ1n) is 4.28. The van der Waals surface area contributed by atoms with E-state index in [2.05, 4.69) is 0 Å². The number of rotatable bonds is 6. The van der Waals surface area contributed by atoms with Crippen LogP contribution in [0.15, 0.2) is 0 Å². The van der Waals surface area contributed by atoms with Crippen molar-refractivity contribution >= 4 is 43.4 Å². The Morgan fingerprint density at radius 3 is 1.05 bits per heavy atom. The van der Waals surface area contributed by atoms with E-state index < -0.39 is 55.7 Å². The number of hydrogen-bond acceptors (Lipinski definition) is 8. The molecule has 0 aliphatic carbocycles. The van der Waals surface area contributed by atoms with Crippen LogP contribution in [0.25, 0.3) is 0 Å². The first-order valence-corrected chi connectivity index (χ1v) is 8.31. The summed E-state index contributed by atoms with van der Waals surface area (Å²) >= 11 is 10.2. The van der Waals surface area contributed by atoms with Crippen LogP contribution in [0.1, 0.15) is 0 Å². The molecule has 2 unspecified atom stereocenters. The van der Waals surface area contributed by atoms with E-state index in [0.717, 1.165) is 0 Å². The van der Waals surface area contributed by atoms with Crippen molar-refractivity contribution in [2.75, 3.05) is 24.7 Å². The Balaban J connectivity index is -0.000000116. The topological polar surface area (TPSA) is 155 Å². The molecule has 0 fully saturated rings. The van der Waals surface area contributed by atoms with Gasteiger partial charge in [-0.2, -0.15) is 0 Å². The van der Waals surface area contributed by atoms with E-state index in [-0.39, 0.29) is 59.1 Å². The smallest absolute Gasteiger partial charge is 0.748 e. The zero-order chi connectivity index (χ0) is 15.0. The number of halogens is 2. The number of aliphatic hydroxyl groups excluding tert-OH is 2. The van der Waals surface area contributed by atoms with Gasteiger partial charge in [0, 0.05) is 0 Å². The third-order valence-corrected chi connectivity index (χ3v) is 3.74. The van der Waals surface area contributed by atoms with Crippen LogP contribution in [0.5, 0.6) is 0 Å². The fourth-order valence-corrected chi connectivity index (χ4v) is 2.57. The van der Waals surface area contributed by atoms with Crippen molar-refractivity contribution in [2.24, 2.45) is 0 Å². The van der Waals surface area contributed by atoms with Crippen LogP contribution in [0.3, 0.4) is 0 Å². The summed E-state index contributed by atoms with van der Waals surface area (Å²) in [6.07, 6.45) is 0. The van der Waals surface area contributed by atoms with Crippen molar-refractivity contribution in [3.63, 3.8) is 0 Å². The van der Waals surface area contributed by atoms with Crippen molar-refractivity contribution in [1.29, 1.82) is 0 Å². The van der Waals surface area contributed by atoms with Gasteiger partial charge in [-0.1, -0.05) is 0 Å². The molecule has 0 saturated heterocycles. The van der Waals surface area contributed by atoms with Crippen LogP contribution in [0.4, 0.5) is 0 Å². The van der Waals surface area contributed by atoms with Crippen molar-refractivity contribution in [1.82, 2.24) is 0 Å². The van der Waals surface area contributed by atoms with E-state index in [1.165, 1.54) is 0 Å². The Kier molecular flexibility index (Phi) is 22.5. The Bertz CT molecular complexity index is 375. The summed E-state index contributed by atoms with van der Waals surface area (Å²) in [6, 6.07) is 0. The predicted molar refractivity (Wildman–Crippen MR) is 62.6 cm³/mol. The van der Waals surface area contributed by atoms with Gasteiger partial charge in [0.2, 0.25) is 0 Å². The summed E-state index contributed by atoms with van der Waals surface area (Å²) in [4.78, 5) is 0. The first kappa shape index (κ1) is 30.2. The summed E-state index contributed by atoms with van der Waals surface area (Å²) in [6.45, 7) is -0.994. The molecular formula is C6H12Cl2Na2O8S2. The molecule has 0 aromatic carbocycles. The minimum Gasteiger partial charge on any atom is -0.748 e. The van der Waals surface area contributed by atoms with E-state index in [1.807, 2.05) is 0 Å². The molecule has 0 bridgehead atoms. The second kappa shape index (κ2) is 14.9. The number of alkyl halides is 2. The third-order valence-electron chi connectivity index (χ3n) is 1.17. The van der Waals surface area contributed by atoms with Crippen LogP contribution in [-0.4, -0.2) is 71.6 Å². The maximum absolute atomic E-state index is 9.85. The Labute approximate surface area is 172 Å². The van der Waals surface area contributed by atoms with Gasteiger partial charge >= 0.3 is 59.1 Å². The fraction of sp³-hybridized carbons (Fsp3) is 1.00. The summed E-state index contributed by atoms with van der Waals surface area (Å²) in [5, 5.41) is 14.4. The minimum absolute atomic E-state index is 0. The second-order valence-corrected chi connectivity index (χ2v) is 7.14. The molecule has 112 valence electrons. The molecule has 14 heteroatoms. The largest absolute Gasteiger partial charge is 1.00 e. The van der Waals surface area contributed by atoms with Gasteiger partial charge in [0.05, 0.1) is 55.7 Å². The molecule has 0 spiro atoms. The Morgan fingerprint density at radius 2 is 1.00 bits per heavy atom. The Hall–Kier alpha value is 2.32. The molecule has 0 aliphatic heterocycles. The van der Waals surface area contributed by atoms with Crippen molar-refractivity contribution in [3.8, 4) is 0 Å². The summed E-state index contributed by atoms with van der Waals surface area (Å²) in [5.74, 6) is -1.43. The fourth-order valence-electron chi connectivity index (χ4n) is 0.548. The van der Waals surface area contributed by atoms with Crippen LogP contribution in [0, 0.1) is 0 Å².